The highest BCUT2D eigenvalue weighted by Gasteiger charge is 2.27. The summed E-state index contributed by atoms with van der Waals surface area (Å²) in [5.74, 6) is 0.595. The van der Waals surface area contributed by atoms with Crippen LogP contribution in [-0.4, -0.2) is 42.3 Å². The smallest absolute Gasteiger partial charge is 0.309 e. The molecule has 0 aromatic carbocycles. The van der Waals surface area contributed by atoms with Crippen LogP contribution in [0, 0.1) is 5.92 Å². The zero-order valence-corrected chi connectivity index (χ0v) is 9.29. The summed E-state index contributed by atoms with van der Waals surface area (Å²) in [7, 11) is 0. The van der Waals surface area contributed by atoms with Crippen LogP contribution in [0.5, 0.6) is 0 Å². The van der Waals surface area contributed by atoms with E-state index in [1.165, 1.54) is 0 Å². The van der Waals surface area contributed by atoms with Gasteiger partial charge in [-0.15, -0.1) is 11.6 Å². The van der Waals surface area contributed by atoms with Gasteiger partial charge in [0.25, 0.3) is 0 Å². The Balaban J connectivity index is 2.35. The highest BCUT2D eigenvalue weighted by molar-refractivity contribution is 6.24. The molecule has 0 unspecified atom stereocenters. The first-order chi connectivity index (χ1) is 6.77. The molecular weight excluding hydrogens is 202 g/mol. The first-order valence-corrected chi connectivity index (χ1v) is 5.61. The summed E-state index contributed by atoms with van der Waals surface area (Å²) in [4.78, 5) is 11.4. The lowest BCUT2D eigenvalue weighted by atomic mass is 9.98. The predicted molar refractivity (Wildman–Crippen MR) is 56.1 cm³/mol. The van der Waals surface area contributed by atoms with Gasteiger partial charge in [0.05, 0.1) is 18.4 Å². The molecule has 0 amide bonds. The van der Waals surface area contributed by atoms with E-state index < -0.39 is 0 Å². The van der Waals surface area contributed by atoms with Crippen LogP contribution in [0.2, 0.25) is 0 Å². The molecule has 1 fully saturated rings. The molecule has 4 heteroatoms. The summed E-state index contributed by atoms with van der Waals surface area (Å²) in [6, 6.07) is 0. The molecule has 0 aliphatic carbocycles. The third-order valence-corrected chi connectivity index (χ3v) is 2.61. The minimum atomic E-state index is -0.0435. The molecule has 0 aromatic heterocycles. The zero-order valence-electron chi connectivity index (χ0n) is 8.54. The van der Waals surface area contributed by atoms with E-state index >= 15 is 0 Å². The van der Waals surface area contributed by atoms with Gasteiger partial charge in [-0.25, -0.2) is 4.58 Å². The maximum Gasteiger partial charge on any atom is 0.309 e. The number of nitrogens with zero attached hydrogens (tertiary/aromatic N) is 1. The average Bonchev–Trinajstić information content (AvgIpc) is 2.20. The highest BCUT2D eigenvalue weighted by atomic mass is 35.5. The van der Waals surface area contributed by atoms with Gasteiger partial charge in [0.15, 0.2) is 6.21 Å². The molecule has 0 N–H and O–H groups in total. The monoisotopic (exact) mass is 218 g/mol. The Morgan fingerprint density at radius 1 is 1.57 bits per heavy atom. The largest absolute Gasteiger partial charge is 0.466 e. The topological polar surface area (TPSA) is 29.3 Å². The summed E-state index contributed by atoms with van der Waals surface area (Å²) < 4.78 is 7.15. The number of carbonyl (C=O) groups is 1. The number of esters is 1. The van der Waals surface area contributed by atoms with Crippen LogP contribution in [0.3, 0.4) is 0 Å². The molecule has 0 aromatic rings. The minimum Gasteiger partial charge on any atom is -0.466 e. The number of hydrogen-bond acceptors (Lipinski definition) is 2. The van der Waals surface area contributed by atoms with Crippen LogP contribution in [0.4, 0.5) is 0 Å². The van der Waals surface area contributed by atoms with Crippen LogP contribution >= 0.6 is 11.6 Å². The molecule has 1 heterocycles. The Bertz CT molecular complexity index is 218. The van der Waals surface area contributed by atoms with Crippen LogP contribution in [0.25, 0.3) is 0 Å². The molecule has 80 valence electrons. The number of piperidine rings is 1. The lowest BCUT2D eigenvalue weighted by molar-refractivity contribution is -0.535. The fraction of sp³-hybridized carbons (Fsp3) is 0.800. The lowest BCUT2D eigenvalue weighted by Crippen LogP contribution is -2.32. The van der Waals surface area contributed by atoms with Gasteiger partial charge in [-0.3, -0.25) is 4.79 Å². The number of carbonyl (C=O) groups excluding carboxylic acids is 1. The molecular formula is C10H17ClNO2+. The highest BCUT2D eigenvalue weighted by Crippen LogP contribution is 2.15. The van der Waals surface area contributed by atoms with Crippen molar-refractivity contribution in [3.05, 3.63) is 0 Å². The Hall–Kier alpha value is -0.570. The fourth-order valence-electron chi connectivity index (χ4n) is 1.68. The quantitative estimate of drug-likeness (QED) is 0.406. The van der Waals surface area contributed by atoms with E-state index in [0.29, 0.717) is 12.5 Å². The number of halogens is 1. The van der Waals surface area contributed by atoms with Gasteiger partial charge in [-0.05, 0) is 6.92 Å². The van der Waals surface area contributed by atoms with E-state index in [9.17, 15) is 4.79 Å². The normalized spacial score (nSPS) is 21.9. The van der Waals surface area contributed by atoms with E-state index in [2.05, 4.69) is 4.58 Å². The number of alkyl halides is 1. The number of hydrogen-bond donors (Lipinski definition) is 0. The lowest BCUT2D eigenvalue weighted by Gasteiger charge is -2.18. The molecule has 0 radical (unpaired) electrons. The summed E-state index contributed by atoms with van der Waals surface area (Å²) in [6.07, 6.45) is 3.74. The third-order valence-electron chi connectivity index (χ3n) is 2.48. The predicted octanol–water partition coefficient (Wildman–Crippen LogP) is 1.28. The van der Waals surface area contributed by atoms with Crippen LogP contribution in [0.1, 0.15) is 19.8 Å². The van der Waals surface area contributed by atoms with E-state index in [1.807, 2.05) is 13.1 Å². The van der Waals surface area contributed by atoms with Gasteiger partial charge in [-0.2, -0.15) is 0 Å². The standard InChI is InChI=1S/C10H17ClNO2/c1-2-14-10(13)9-3-6-12(7-4-9)8-5-11/h8-9H,2-7H2,1H3/q+1. The van der Waals surface area contributed by atoms with Gasteiger partial charge in [0.1, 0.15) is 13.1 Å². The summed E-state index contributed by atoms with van der Waals surface area (Å²) >= 11 is 5.59. The second kappa shape index (κ2) is 6.02. The van der Waals surface area contributed by atoms with Crippen LogP contribution < -0.4 is 0 Å². The molecule has 1 aliphatic rings. The molecule has 3 nitrogen and oxygen atoms in total. The third kappa shape index (κ3) is 3.29. The van der Waals surface area contributed by atoms with Crippen molar-refractivity contribution < 1.29 is 14.1 Å². The maximum absolute atomic E-state index is 11.4. The molecule has 0 bridgehead atoms. The van der Waals surface area contributed by atoms with Gasteiger partial charge in [-0.1, -0.05) is 0 Å². The SMILES string of the molecule is CCOC(=O)C1CC[N+](=CCCl)CC1. The van der Waals surface area contributed by atoms with Gasteiger partial charge >= 0.3 is 5.97 Å². The molecule has 1 rings (SSSR count). The van der Waals surface area contributed by atoms with Gasteiger partial charge in [0.2, 0.25) is 0 Å². The van der Waals surface area contributed by atoms with Crippen molar-refractivity contribution in [3.63, 3.8) is 0 Å². The second-order valence-corrected chi connectivity index (χ2v) is 3.71. The Kier molecular flexibility index (Phi) is 4.94. The van der Waals surface area contributed by atoms with Crippen molar-refractivity contribution in [2.24, 2.45) is 5.92 Å². The molecule has 14 heavy (non-hydrogen) atoms. The molecule has 0 atom stereocenters. The Labute approximate surface area is 89.7 Å². The Morgan fingerprint density at radius 3 is 2.71 bits per heavy atom. The average molecular weight is 219 g/mol. The van der Waals surface area contributed by atoms with Crippen molar-refractivity contribution in [1.29, 1.82) is 0 Å². The molecule has 0 spiro atoms. The van der Waals surface area contributed by atoms with E-state index in [0.717, 1.165) is 25.9 Å². The second-order valence-electron chi connectivity index (χ2n) is 3.40. The maximum atomic E-state index is 11.4. The summed E-state index contributed by atoms with van der Waals surface area (Å²) in [5.41, 5.74) is 0. The fourth-order valence-corrected chi connectivity index (χ4v) is 1.87. The summed E-state index contributed by atoms with van der Waals surface area (Å²) in [6.45, 7) is 4.15. The van der Waals surface area contributed by atoms with Crippen molar-refractivity contribution in [2.45, 2.75) is 19.8 Å². The molecule has 1 saturated heterocycles. The summed E-state index contributed by atoms with van der Waals surface area (Å²) in [5, 5.41) is 0. The molecule has 0 saturated carbocycles. The number of rotatable bonds is 3. The van der Waals surface area contributed by atoms with Crippen molar-refractivity contribution in [3.8, 4) is 0 Å². The van der Waals surface area contributed by atoms with Gasteiger partial charge in [0, 0.05) is 12.8 Å². The number of ether oxygens (including phenoxy) is 1. The van der Waals surface area contributed by atoms with Crippen molar-refractivity contribution in [2.75, 3.05) is 25.6 Å². The van der Waals surface area contributed by atoms with E-state index in [-0.39, 0.29) is 11.9 Å². The van der Waals surface area contributed by atoms with Crippen molar-refractivity contribution in [1.82, 2.24) is 0 Å². The minimum absolute atomic E-state index is 0.0435. The van der Waals surface area contributed by atoms with Crippen LogP contribution in [0.15, 0.2) is 0 Å². The zero-order chi connectivity index (χ0) is 10.4. The first kappa shape index (κ1) is 11.5. The van der Waals surface area contributed by atoms with E-state index in [4.69, 9.17) is 16.3 Å². The van der Waals surface area contributed by atoms with Crippen molar-refractivity contribution >= 4 is 23.8 Å². The first-order valence-electron chi connectivity index (χ1n) is 5.08. The van der Waals surface area contributed by atoms with E-state index in [1.54, 1.807) is 0 Å². The Morgan fingerprint density at radius 2 is 2.21 bits per heavy atom. The van der Waals surface area contributed by atoms with Gasteiger partial charge < -0.3 is 4.74 Å². The molecule has 1 aliphatic heterocycles. The van der Waals surface area contributed by atoms with Crippen LogP contribution in [-0.2, 0) is 9.53 Å².